The zero-order chi connectivity index (χ0) is 18.1. The van der Waals surface area contributed by atoms with Crippen LogP contribution in [-0.4, -0.2) is 24.9 Å². The minimum absolute atomic E-state index is 0.0111. The maximum atomic E-state index is 12.2. The van der Waals surface area contributed by atoms with E-state index in [0.717, 1.165) is 36.1 Å². The van der Waals surface area contributed by atoms with Crippen molar-refractivity contribution in [3.8, 4) is 0 Å². The molecule has 24 heavy (non-hydrogen) atoms. The molecule has 0 bridgehead atoms. The molecule has 4 heteroatoms. The van der Waals surface area contributed by atoms with Crippen LogP contribution < -0.4 is 10.2 Å². The van der Waals surface area contributed by atoms with E-state index in [0.29, 0.717) is 25.4 Å². The average molecular weight is 332 g/mol. The number of carbonyl (C=O) groups is 2. The van der Waals surface area contributed by atoms with Gasteiger partial charge in [0.15, 0.2) is 0 Å². The van der Waals surface area contributed by atoms with Crippen LogP contribution in [0.2, 0.25) is 0 Å². The zero-order valence-corrected chi connectivity index (χ0v) is 15.8. The summed E-state index contributed by atoms with van der Waals surface area (Å²) in [7, 11) is 0. The van der Waals surface area contributed by atoms with Gasteiger partial charge in [0.1, 0.15) is 0 Å². The highest BCUT2D eigenvalue weighted by molar-refractivity contribution is 5.94. The largest absolute Gasteiger partial charge is 0.356 e. The maximum absolute atomic E-state index is 12.2. The van der Waals surface area contributed by atoms with Crippen molar-refractivity contribution in [1.29, 1.82) is 0 Å². The Morgan fingerprint density at radius 3 is 2.50 bits per heavy atom. The van der Waals surface area contributed by atoms with Crippen molar-refractivity contribution in [3.63, 3.8) is 0 Å². The van der Waals surface area contributed by atoms with Crippen molar-refractivity contribution < 1.29 is 9.59 Å². The molecule has 1 N–H and O–H groups in total. The van der Waals surface area contributed by atoms with E-state index in [2.05, 4.69) is 32.2 Å². The summed E-state index contributed by atoms with van der Waals surface area (Å²) in [6.07, 6.45) is 3.60. The lowest BCUT2D eigenvalue weighted by molar-refractivity contribution is -0.121. The Labute approximate surface area is 146 Å². The fraction of sp³-hybridized carbons (Fsp3) is 0.600. The number of para-hydroxylation sites is 1. The number of hydrogen-bond donors (Lipinski definition) is 1. The first-order valence-corrected chi connectivity index (χ1v) is 9.02. The van der Waals surface area contributed by atoms with Gasteiger partial charge in [0, 0.05) is 32.1 Å². The van der Waals surface area contributed by atoms with Gasteiger partial charge in [0.05, 0.1) is 0 Å². The topological polar surface area (TPSA) is 49.4 Å². The van der Waals surface area contributed by atoms with Gasteiger partial charge in [-0.2, -0.15) is 0 Å². The van der Waals surface area contributed by atoms with E-state index in [4.69, 9.17) is 0 Å². The number of anilines is 1. The van der Waals surface area contributed by atoms with Crippen molar-refractivity contribution in [2.75, 3.05) is 18.0 Å². The van der Waals surface area contributed by atoms with Crippen LogP contribution in [0.1, 0.15) is 70.4 Å². The number of unbranched alkanes of at least 4 members (excludes halogenated alkanes) is 2. The molecule has 134 valence electrons. The van der Waals surface area contributed by atoms with Gasteiger partial charge in [-0.1, -0.05) is 51.8 Å². The number of nitrogens with zero attached hydrogens (tertiary/aromatic N) is 1. The second-order valence-corrected chi connectivity index (χ2v) is 6.65. The highest BCUT2D eigenvalue weighted by atomic mass is 16.2. The summed E-state index contributed by atoms with van der Waals surface area (Å²) in [6, 6.07) is 6.10. The number of nitrogens with one attached hydrogen (secondary N) is 1. The number of carbonyl (C=O) groups excluding carboxylic acids is 2. The summed E-state index contributed by atoms with van der Waals surface area (Å²) < 4.78 is 0. The molecular weight excluding hydrogens is 300 g/mol. The minimum atomic E-state index is -0.0232. The summed E-state index contributed by atoms with van der Waals surface area (Å²) in [5.74, 6) is 0.312. The normalized spacial score (nSPS) is 10.8. The smallest absolute Gasteiger partial charge is 0.223 e. The molecule has 0 saturated heterocycles. The molecule has 0 saturated carbocycles. The number of rotatable bonds is 9. The molecule has 0 spiro atoms. The van der Waals surface area contributed by atoms with Gasteiger partial charge in [0.25, 0.3) is 0 Å². The molecule has 0 radical (unpaired) electrons. The fourth-order valence-electron chi connectivity index (χ4n) is 2.85. The molecule has 0 fully saturated rings. The van der Waals surface area contributed by atoms with E-state index in [1.807, 2.05) is 19.1 Å². The summed E-state index contributed by atoms with van der Waals surface area (Å²) in [5.41, 5.74) is 3.17. The van der Waals surface area contributed by atoms with Crippen LogP contribution in [-0.2, 0) is 9.59 Å². The molecule has 0 aliphatic carbocycles. The van der Waals surface area contributed by atoms with Gasteiger partial charge >= 0.3 is 0 Å². The summed E-state index contributed by atoms with van der Waals surface area (Å²) in [4.78, 5) is 25.9. The molecule has 1 aromatic carbocycles. The zero-order valence-electron chi connectivity index (χ0n) is 15.8. The third kappa shape index (κ3) is 5.99. The maximum Gasteiger partial charge on any atom is 0.223 e. The van der Waals surface area contributed by atoms with Gasteiger partial charge in [-0.25, -0.2) is 0 Å². The van der Waals surface area contributed by atoms with Gasteiger partial charge in [-0.05, 0) is 30.4 Å². The first-order chi connectivity index (χ1) is 11.4. The number of amides is 2. The fourth-order valence-corrected chi connectivity index (χ4v) is 2.85. The van der Waals surface area contributed by atoms with Crippen LogP contribution in [0.25, 0.3) is 0 Å². The Hall–Kier alpha value is -1.84. The van der Waals surface area contributed by atoms with E-state index in [1.54, 1.807) is 11.8 Å². The molecule has 1 aromatic rings. The van der Waals surface area contributed by atoms with E-state index < -0.39 is 0 Å². The lowest BCUT2D eigenvalue weighted by atomic mass is 9.97. The third-order valence-corrected chi connectivity index (χ3v) is 4.21. The molecule has 0 aliphatic rings. The molecule has 2 amide bonds. The summed E-state index contributed by atoms with van der Waals surface area (Å²) in [5, 5.41) is 2.94. The van der Waals surface area contributed by atoms with Crippen molar-refractivity contribution >= 4 is 17.5 Å². The van der Waals surface area contributed by atoms with Crippen molar-refractivity contribution in [1.82, 2.24) is 5.32 Å². The highest BCUT2D eigenvalue weighted by Gasteiger charge is 2.19. The predicted molar refractivity (Wildman–Crippen MR) is 100 cm³/mol. The van der Waals surface area contributed by atoms with Gasteiger partial charge in [0.2, 0.25) is 11.8 Å². The van der Waals surface area contributed by atoms with E-state index >= 15 is 0 Å². The Bertz CT molecular complexity index is 553. The second-order valence-electron chi connectivity index (χ2n) is 6.65. The second kappa shape index (κ2) is 10.1. The van der Waals surface area contributed by atoms with Gasteiger partial charge < -0.3 is 10.2 Å². The van der Waals surface area contributed by atoms with Crippen LogP contribution in [0, 0.1) is 6.92 Å². The Morgan fingerprint density at radius 2 is 1.92 bits per heavy atom. The molecule has 0 aliphatic heterocycles. The lowest BCUT2D eigenvalue weighted by Crippen LogP contribution is -2.35. The predicted octanol–water partition coefficient (Wildman–Crippen LogP) is 4.17. The van der Waals surface area contributed by atoms with E-state index in [1.165, 1.54) is 0 Å². The molecule has 0 aromatic heterocycles. The summed E-state index contributed by atoms with van der Waals surface area (Å²) in [6.45, 7) is 11.1. The van der Waals surface area contributed by atoms with Crippen LogP contribution in [0.4, 0.5) is 5.69 Å². The number of benzene rings is 1. The minimum Gasteiger partial charge on any atom is -0.356 e. The van der Waals surface area contributed by atoms with Crippen molar-refractivity contribution in [2.45, 2.75) is 66.2 Å². The Balaban J connectivity index is 2.79. The van der Waals surface area contributed by atoms with E-state index in [9.17, 15) is 9.59 Å². The summed E-state index contributed by atoms with van der Waals surface area (Å²) >= 11 is 0. The van der Waals surface area contributed by atoms with Crippen molar-refractivity contribution in [2.24, 2.45) is 0 Å². The van der Waals surface area contributed by atoms with Crippen LogP contribution in [0.5, 0.6) is 0 Å². The highest BCUT2D eigenvalue weighted by Crippen LogP contribution is 2.31. The molecule has 0 heterocycles. The first kappa shape index (κ1) is 20.2. The first-order valence-electron chi connectivity index (χ1n) is 9.02. The molecule has 0 atom stereocenters. The average Bonchev–Trinajstić information content (AvgIpc) is 2.52. The molecule has 0 unspecified atom stereocenters. The Morgan fingerprint density at radius 1 is 1.21 bits per heavy atom. The van der Waals surface area contributed by atoms with E-state index in [-0.39, 0.29) is 11.8 Å². The molecule has 1 rings (SSSR count). The standard InChI is InChI=1S/C20H32N2O2/c1-6-7-8-13-21-19(24)12-14-22(17(5)23)20-16(4)10-9-11-18(20)15(2)3/h9-11,15H,6-8,12-14H2,1-5H3,(H,21,24). The van der Waals surface area contributed by atoms with Crippen LogP contribution >= 0.6 is 0 Å². The van der Waals surface area contributed by atoms with Crippen LogP contribution in [0.15, 0.2) is 18.2 Å². The quantitative estimate of drug-likeness (QED) is 0.690. The van der Waals surface area contributed by atoms with Gasteiger partial charge in [-0.15, -0.1) is 0 Å². The third-order valence-electron chi connectivity index (χ3n) is 4.21. The SMILES string of the molecule is CCCCCNC(=O)CCN(C(C)=O)c1c(C)cccc1C(C)C. The number of hydrogen-bond acceptors (Lipinski definition) is 2. The van der Waals surface area contributed by atoms with Crippen LogP contribution in [0.3, 0.4) is 0 Å². The van der Waals surface area contributed by atoms with Gasteiger partial charge in [-0.3, -0.25) is 9.59 Å². The lowest BCUT2D eigenvalue weighted by Gasteiger charge is -2.27. The Kier molecular flexibility index (Phi) is 8.51. The monoisotopic (exact) mass is 332 g/mol. The molecular formula is C20H32N2O2. The van der Waals surface area contributed by atoms with Crippen molar-refractivity contribution in [3.05, 3.63) is 29.3 Å². The number of aryl methyl sites for hydroxylation is 1. The molecule has 4 nitrogen and oxygen atoms in total.